The van der Waals surface area contributed by atoms with Crippen molar-refractivity contribution < 1.29 is 4.79 Å². The third kappa shape index (κ3) is 4.33. The Morgan fingerprint density at radius 2 is 1.84 bits per heavy atom. The van der Waals surface area contributed by atoms with Crippen LogP contribution in [0.4, 0.5) is 5.69 Å². The van der Waals surface area contributed by atoms with Gasteiger partial charge >= 0.3 is 0 Å². The molecule has 0 bridgehead atoms. The number of carbonyl (C=O) groups is 1. The number of rotatable bonds is 6. The number of likely N-dealkylation sites (N-methyl/N-ethyl adjacent to an activating group) is 1. The van der Waals surface area contributed by atoms with Crippen LogP contribution in [0.2, 0.25) is 0 Å². The van der Waals surface area contributed by atoms with Crippen LogP contribution in [0.3, 0.4) is 0 Å². The van der Waals surface area contributed by atoms with Crippen molar-refractivity contribution in [2.24, 2.45) is 5.73 Å². The number of nitrogens with one attached hydrogen (secondary N) is 1. The fourth-order valence-corrected chi connectivity index (χ4v) is 2.21. The van der Waals surface area contributed by atoms with Crippen LogP contribution < -0.4 is 11.1 Å². The lowest BCUT2D eigenvalue weighted by Crippen LogP contribution is -2.45. The quantitative estimate of drug-likeness (QED) is 0.827. The molecule has 0 aliphatic carbocycles. The van der Waals surface area contributed by atoms with Gasteiger partial charge in [-0.25, -0.2) is 0 Å². The van der Waals surface area contributed by atoms with E-state index < -0.39 is 0 Å². The highest BCUT2D eigenvalue weighted by molar-refractivity contribution is 5.94. The van der Waals surface area contributed by atoms with Crippen LogP contribution in [-0.4, -0.2) is 29.4 Å². The number of hydrogen-bond acceptors (Lipinski definition) is 3. The van der Waals surface area contributed by atoms with Gasteiger partial charge in [0.1, 0.15) is 0 Å². The van der Waals surface area contributed by atoms with Crippen molar-refractivity contribution in [1.82, 2.24) is 4.90 Å². The lowest BCUT2D eigenvalue weighted by atomic mass is 10.2. The van der Waals surface area contributed by atoms with Crippen molar-refractivity contribution in [3.05, 3.63) is 29.8 Å². The Labute approximate surface area is 116 Å². The van der Waals surface area contributed by atoms with Gasteiger partial charge in [0.2, 0.25) is 5.91 Å². The predicted octanol–water partition coefficient (Wildman–Crippen LogP) is 2.20. The average molecular weight is 263 g/mol. The molecule has 106 valence electrons. The molecular weight excluding hydrogens is 238 g/mol. The summed E-state index contributed by atoms with van der Waals surface area (Å²) in [4.78, 5) is 14.4. The van der Waals surface area contributed by atoms with Gasteiger partial charge in [0.25, 0.3) is 0 Å². The topological polar surface area (TPSA) is 58.4 Å². The molecule has 0 saturated heterocycles. The summed E-state index contributed by atoms with van der Waals surface area (Å²) < 4.78 is 0. The van der Waals surface area contributed by atoms with E-state index in [1.807, 2.05) is 31.2 Å². The molecule has 1 aromatic carbocycles. The van der Waals surface area contributed by atoms with Crippen molar-refractivity contribution in [2.75, 3.05) is 11.9 Å². The number of hydrogen-bond donors (Lipinski definition) is 2. The maximum atomic E-state index is 12.2. The van der Waals surface area contributed by atoms with Gasteiger partial charge in [0.15, 0.2) is 0 Å². The Morgan fingerprint density at radius 1 is 1.26 bits per heavy atom. The molecule has 4 heteroatoms. The minimum absolute atomic E-state index is 0.0241. The van der Waals surface area contributed by atoms with Gasteiger partial charge in [-0.15, -0.1) is 0 Å². The summed E-state index contributed by atoms with van der Waals surface area (Å²) in [6.07, 6.45) is 0. The van der Waals surface area contributed by atoms with E-state index in [1.54, 1.807) is 0 Å². The smallest absolute Gasteiger partial charge is 0.241 e. The van der Waals surface area contributed by atoms with E-state index in [0.717, 1.165) is 17.8 Å². The molecule has 0 aromatic heterocycles. The van der Waals surface area contributed by atoms with Crippen LogP contribution >= 0.6 is 0 Å². The zero-order valence-corrected chi connectivity index (χ0v) is 12.3. The van der Waals surface area contributed by atoms with Gasteiger partial charge in [-0.1, -0.05) is 19.1 Å². The Hall–Kier alpha value is -1.39. The molecule has 0 aliphatic rings. The molecule has 0 aliphatic heterocycles. The molecular formula is C15H25N3O. The van der Waals surface area contributed by atoms with Crippen molar-refractivity contribution in [3.8, 4) is 0 Å². The number of nitrogens with zero attached hydrogens (tertiary/aromatic N) is 1. The fourth-order valence-electron chi connectivity index (χ4n) is 2.21. The minimum Gasteiger partial charge on any atom is -0.326 e. The molecule has 0 saturated carbocycles. The predicted molar refractivity (Wildman–Crippen MR) is 79.9 cm³/mol. The lowest BCUT2D eigenvalue weighted by Gasteiger charge is -2.30. The minimum atomic E-state index is -0.140. The Morgan fingerprint density at radius 3 is 2.26 bits per heavy atom. The van der Waals surface area contributed by atoms with Crippen molar-refractivity contribution in [1.29, 1.82) is 0 Å². The molecule has 0 radical (unpaired) electrons. The normalized spacial score (nSPS) is 12.8. The average Bonchev–Trinajstić information content (AvgIpc) is 2.39. The van der Waals surface area contributed by atoms with Gasteiger partial charge in [-0.2, -0.15) is 0 Å². The van der Waals surface area contributed by atoms with E-state index in [1.165, 1.54) is 0 Å². The molecule has 0 fully saturated rings. The van der Waals surface area contributed by atoms with Gasteiger partial charge in [-0.3, -0.25) is 9.69 Å². The summed E-state index contributed by atoms with van der Waals surface area (Å²) >= 11 is 0. The molecule has 19 heavy (non-hydrogen) atoms. The standard InChI is InChI=1S/C15H25N3O/c1-5-18(11(2)3)12(4)15(19)17-14-8-6-13(10-16)7-9-14/h6-9,11-12H,5,10,16H2,1-4H3,(H,17,19). The molecule has 0 heterocycles. The zero-order chi connectivity index (χ0) is 14.4. The van der Waals surface area contributed by atoms with E-state index >= 15 is 0 Å². The third-order valence-electron chi connectivity index (χ3n) is 3.36. The number of carbonyl (C=O) groups excluding carboxylic acids is 1. The SMILES string of the molecule is CCN(C(C)C)C(C)C(=O)Nc1ccc(CN)cc1. The lowest BCUT2D eigenvalue weighted by molar-refractivity contribution is -0.121. The van der Waals surface area contributed by atoms with Crippen LogP contribution in [0, 0.1) is 0 Å². The summed E-state index contributed by atoms with van der Waals surface area (Å²) in [7, 11) is 0. The first-order valence-corrected chi connectivity index (χ1v) is 6.85. The van der Waals surface area contributed by atoms with E-state index in [0.29, 0.717) is 12.6 Å². The first-order chi connectivity index (χ1) is 8.99. The first kappa shape index (κ1) is 15.7. The van der Waals surface area contributed by atoms with Crippen LogP contribution in [-0.2, 0) is 11.3 Å². The molecule has 1 unspecified atom stereocenters. The Bertz CT molecular complexity index is 400. The summed E-state index contributed by atoms with van der Waals surface area (Å²) in [5.41, 5.74) is 7.42. The molecule has 3 N–H and O–H groups in total. The Balaban J connectivity index is 2.67. The van der Waals surface area contributed by atoms with Gasteiger partial charge in [-0.05, 0) is 45.0 Å². The molecule has 1 aromatic rings. The fraction of sp³-hybridized carbons (Fsp3) is 0.533. The van der Waals surface area contributed by atoms with Crippen LogP contribution in [0.5, 0.6) is 0 Å². The highest BCUT2D eigenvalue weighted by Gasteiger charge is 2.22. The van der Waals surface area contributed by atoms with E-state index in [2.05, 4.69) is 31.0 Å². The molecule has 1 rings (SSSR count). The van der Waals surface area contributed by atoms with Gasteiger partial charge < -0.3 is 11.1 Å². The van der Waals surface area contributed by atoms with Crippen molar-refractivity contribution in [2.45, 2.75) is 46.3 Å². The number of nitrogens with two attached hydrogens (primary N) is 1. The van der Waals surface area contributed by atoms with Crippen molar-refractivity contribution >= 4 is 11.6 Å². The number of benzene rings is 1. The van der Waals surface area contributed by atoms with Crippen LogP contribution in [0.25, 0.3) is 0 Å². The van der Waals surface area contributed by atoms with Crippen molar-refractivity contribution in [3.63, 3.8) is 0 Å². The van der Waals surface area contributed by atoms with Gasteiger partial charge in [0.05, 0.1) is 6.04 Å². The monoisotopic (exact) mass is 263 g/mol. The van der Waals surface area contributed by atoms with Gasteiger partial charge in [0, 0.05) is 18.3 Å². The largest absolute Gasteiger partial charge is 0.326 e. The molecule has 4 nitrogen and oxygen atoms in total. The maximum absolute atomic E-state index is 12.2. The number of anilines is 1. The Kier molecular flexibility index (Phi) is 5.99. The molecule has 0 spiro atoms. The molecule has 1 amide bonds. The summed E-state index contributed by atoms with van der Waals surface area (Å²) in [5.74, 6) is 0.0241. The second-order valence-corrected chi connectivity index (χ2v) is 4.99. The maximum Gasteiger partial charge on any atom is 0.241 e. The summed E-state index contributed by atoms with van der Waals surface area (Å²) in [5, 5.41) is 2.94. The first-order valence-electron chi connectivity index (χ1n) is 6.85. The molecule has 1 atom stereocenters. The number of amides is 1. The van der Waals surface area contributed by atoms with Crippen LogP contribution in [0.1, 0.15) is 33.3 Å². The van der Waals surface area contributed by atoms with E-state index in [9.17, 15) is 4.79 Å². The third-order valence-corrected chi connectivity index (χ3v) is 3.36. The van der Waals surface area contributed by atoms with E-state index in [4.69, 9.17) is 5.73 Å². The highest BCUT2D eigenvalue weighted by atomic mass is 16.2. The highest BCUT2D eigenvalue weighted by Crippen LogP contribution is 2.12. The van der Waals surface area contributed by atoms with Crippen LogP contribution in [0.15, 0.2) is 24.3 Å². The second-order valence-electron chi connectivity index (χ2n) is 4.99. The summed E-state index contributed by atoms with van der Waals surface area (Å²) in [6, 6.07) is 7.85. The summed E-state index contributed by atoms with van der Waals surface area (Å²) in [6.45, 7) is 9.58. The zero-order valence-electron chi connectivity index (χ0n) is 12.3. The van der Waals surface area contributed by atoms with E-state index in [-0.39, 0.29) is 11.9 Å². The second kappa shape index (κ2) is 7.26.